The summed E-state index contributed by atoms with van der Waals surface area (Å²) in [6.45, 7) is 1.90. The van der Waals surface area contributed by atoms with Crippen LogP contribution in [0.2, 0.25) is 0 Å². The van der Waals surface area contributed by atoms with E-state index in [2.05, 4.69) is 14.8 Å². The fourth-order valence-corrected chi connectivity index (χ4v) is 3.02. The van der Waals surface area contributed by atoms with Crippen molar-refractivity contribution in [3.05, 3.63) is 47.8 Å². The van der Waals surface area contributed by atoms with Gasteiger partial charge in [-0.3, -0.25) is 9.67 Å². The highest BCUT2D eigenvalue weighted by atomic mass is 19.1. The van der Waals surface area contributed by atoms with E-state index in [-0.39, 0.29) is 5.82 Å². The maximum Gasteiger partial charge on any atom is 0.141 e. The lowest BCUT2D eigenvalue weighted by molar-refractivity contribution is 0.439. The highest BCUT2D eigenvalue weighted by Crippen LogP contribution is 2.29. The molecule has 0 aromatic carbocycles. The molecule has 4 nitrogen and oxygen atoms in total. The number of rotatable bonds is 4. The molecule has 3 rings (SSSR count). The average Bonchev–Trinajstić information content (AvgIpc) is 3.09. The van der Waals surface area contributed by atoms with Gasteiger partial charge < -0.3 is 5.73 Å². The highest BCUT2D eigenvalue weighted by Gasteiger charge is 2.25. The number of nitrogens with two attached hydrogens (primary N) is 1. The molecule has 0 radical (unpaired) electrons. The number of nitrogens with zero attached hydrogens (tertiary/aromatic N) is 3. The number of pyridine rings is 1. The molecule has 1 aliphatic rings. The van der Waals surface area contributed by atoms with Gasteiger partial charge in [-0.2, -0.15) is 5.10 Å². The zero-order valence-electron chi connectivity index (χ0n) is 12.3. The van der Waals surface area contributed by atoms with E-state index >= 15 is 0 Å². The van der Waals surface area contributed by atoms with Crippen LogP contribution in [0.1, 0.15) is 50.0 Å². The van der Waals surface area contributed by atoms with Gasteiger partial charge in [0.1, 0.15) is 5.82 Å². The molecule has 0 spiro atoms. The Hall–Kier alpha value is -1.75. The SMILES string of the molecule is CC(N)(Cc1ccn(C2CCCC2)n1)c1ccc(F)cn1. The Bertz CT molecular complexity index is 597. The first-order chi connectivity index (χ1) is 10.0. The number of aromatic nitrogens is 3. The second-order valence-corrected chi connectivity index (χ2v) is 6.18. The molecule has 0 saturated heterocycles. The standard InChI is InChI=1S/C16H21FN4/c1-16(18,15-7-6-12(17)11-19-15)10-13-8-9-21(20-13)14-4-2-3-5-14/h6-9,11,14H,2-5,10,18H2,1H3. The molecule has 1 unspecified atom stereocenters. The van der Waals surface area contributed by atoms with E-state index in [1.54, 1.807) is 6.07 Å². The van der Waals surface area contributed by atoms with Crippen molar-refractivity contribution < 1.29 is 4.39 Å². The van der Waals surface area contributed by atoms with Gasteiger partial charge in [0, 0.05) is 12.6 Å². The summed E-state index contributed by atoms with van der Waals surface area (Å²) in [6.07, 6.45) is 8.82. The zero-order chi connectivity index (χ0) is 14.9. The lowest BCUT2D eigenvalue weighted by atomic mass is 9.93. The summed E-state index contributed by atoms with van der Waals surface area (Å²) < 4.78 is 15.0. The van der Waals surface area contributed by atoms with Crippen LogP contribution in [0.3, 0.4) is 0 Å². The summed E-state index contributed by atoms with van der Waals surface area (Å²) >= 11 is 0. The van der Waals surface area contributed by atoms with Gasteiger partial charge in [0.2, 0.25) is 0 Å². The quantitative estimate of drug-likeness (QED) is 0.941. The molecule has 112 valence electrons. The van der Waals surface area contributed by atoms with Crippen molar-refractivity contribution in [1.29, 1.82) is 0 Å². The summed E-state index contributed by atoms with van der Waals surface area (Å²) in [6, 6.07) is 5.59. The second-order valence-electron chi connectivity index (χ2n) is 6.18. The van der Waals surface area contributed by atoms with Crippen molar-refractivity contribution in [2.45, 2.75) is 50.6 Å². The molecule has 2 N–H and O–H groups in total. The van der Waals surface area contributed by atoms with Gasteiger partial charge >= 0.3 is 0 Å². The molecular weight excluding hydrogens is 267 g/mol. The van der Waals surface area contributed by atoms with Crippen molar-refractivity contribution in [3.8, 4) is 0 Å². The summed E-state index contributed by atoms with van der Waals surface area (Å²) in [5, 5.41) is 4.66. The van der Waals surface area contributed by atoms with Gasteiger partial charge in [-0.15, -0.1) is 0 Å². The predicted octanol–water partition coefficient (Wildman–Crippen LogP) is 2.95. The van der Waals surface area contributed by atoms with Crippen LogP contribution in [0.4, 0.5) is 4.39 Å². The van der Waals surface area contributed by atoms with Gasteiger partial charge in [-0.25, -0.2) is 4.39 Å². The van der Waals surface area contributed by atoms with E-state index in [0.29, 0.717) is 18.2 Å². The Balaban J connectivity index is 1.74. The minimum Gasteiger partial charge on any atom is -0.320 e. The molecule has 0 amide bonds. The number of hydrogen-bond donors (Lipinski definition) is 1. The molecule has 2 aromatic heterocycles. The van der Waals surface area contributed by atoms with E-state index in [0.717, 1.165) is 5.69 Å². The van der Waals surface area contributed by atoms with Crippen molar-refractivity contribution in [2.75, 3.05) is 0 Å². The summed E-state index contributed by atoms with van der Waals surface area (Å²) in [4.78, 5) is 4.10. The molecule has 1 atom stereocenters. The van der Waals surface area contributed by atoms with Crippen LogP contribution in [0.25, 0.3) is 0 Å². The highest BCUT2D eigenvalue weighted by molar-refractivity contribution is 5.18. The monoisotopic (exact) mass is 288 g/mol. The molecule has 5 heteroatoms. The topological polar surface area (TPSA) is 56.7 Å². The Morgan fingerprint density at radius 2 is 2.10 bits per heavy atom. The first-order valence-corrected chi connectivity index (χ1v) is 7.49. The second kappa shape index (κ2) is 5.56. The molecular formula is C16H21FN4. The molecule has 1 saturated carbocycles. The lowest BCUT2D eigenvalue weighted by Crippen LogP contribution is -2.36. The van der Waals surface area contributed by atoms with E-state index in [9.17, 15) is 4.39 Å². The smallest absolute Gasteiger partial charge is 0.141 e. The van der Waals surface area contributed by atoms with Crippen LogP contribution < -0.4 is 5.73 Å². The zero-order valence-corrected chi connectivity index (χ0v) is 12.3. The third kappa shape index (κ3) is 3.13. The van der Waals surface area contributed by atoms with E-state index in [4.69, 9.17) is 5.73 Å². The van der Waals surface area contributed by atoms with Gasteiger partial charge in [0.15, 0.2) is 0 Å². The molecule has 0 aliphatic heterocycles. The Morgan fingerprint density at radius 1 is 1.33 bits per heavy atom. The van der Waals surface area contributed by atoms with E-state index in [1.165, 1.54) is 37.9 Å². The fraction of sp³-hybridized carbons (Fsp3) is 0.500. The molecule has 1 fully saturated rings. The van der Waals surface area contributed by atoms with Crippen LogP contribution in [0.5, 0.6) is 0 Å². The van der Waals surface area contributed by atoms with Crippen LogP contribution >= 0.6 is 0 Å². The van der Waals surface area contributed by atoms with E-state index in [1.807, 2.05) is 19.2 Å². The molecule has 21 heavy (non-hydrogen) atoms. The lowest BCUT2D eigenvalue weighted by Gasteiger charge is -2.23. The summed E-state index contributed by atoms with van der Waals surface area (Å²) in [5.74, 6) is -0.347. The first-order valence-electron chi connectivity index (χ1n) is 7.49. The Kier molecular flexibility index (Phi) is 3.76. The minimum absolute atomic E-state index is 0.347. The van der Waals surface area contributed by atoms with Crippen molar-refractivity contribution in [1.82, 2.24) is 14.8 Å². The van der Waals surface area contributed by atoms with Crippen LogP contribution in [0, 0.1) is 5.82 Å². The molecule has 2 aromatic rings. The van der Waals surface area contributed by atoms with Gasteiger partial charge in [0.05, 0.1) is 29.2 Å². The van der Waals surface area contributed by atoms with Gasteiger partial charge in [-0.05, 0) is 38.0 Å². The predicted molar refractivity (Wildman–Crippen MR) is 79.2 cm³/mol. The largest absolute Gasteiger partial charge is 0.320 e. The fourth-order valence-electron chi connectivity index (χ4n) is 3.02. The minimum atomic E-state index is -0.650. The average molecular weight is 288 g/mol. The Morgan fingerprint density at radius 3 is 2.76 bits per heavy atom. The number of halogens is 1. The third-order valence-corrected chi connectivity index (χ3v) is 4.22. The third-order valence-electron chi connectivity index (χ3n) is 4.22. The van der Waals surface area contributed by atoms with Crippen LogP contribution in [-0.2, 0) is 12.0 Å². The maximum atomic E-state index is 13.0. The Labute approximate surface area is 124 Å². The maximum absolute atomic E-state index is 13.0. The number of hydrogen-bond acceptors (Lipinski definition) is 3. The summed E-state index contributed by atoms with van der Waals surface area (Å²) in [7, 11) is 0. The van der Waals surface area contributed by atoms with Gasteiger partial charge in [-0.1, -0.05) is 12.8 Å². The van der Waals surface area contributed by atoms with Gasteiger partial charge in [0.25, 0.3) is 0 Å². The first kappa shape index (κ1) is 14.2. The summed E-state index contributed by atoms with van der Waals surface area (Å²) in [5.41, 5.74) is 7.33. The molecule has 0 bridgehead atoms. The van der Waals surface area contributed by atoms with Crippen molar-refractivity contribution in [3.63, 3.8) is 0 Å². The van der Waals surface area contributed by atoms with Crippen LogP contribution in [0.15, 0.2) is 30.6 Å². The van der Waals surface area contributed by atoms with Crippen molar-refractivity contribution >= 4 is 0 Å². The van der Waals surface area contributed by atoms with Crippen LogP contribution in [-0.4, -0.2) is 14.8 Å². The normalized spacial score (nSPS) is 18.8. The van der Waals surface area contributed by atoms with E-state index < -0.39 is 5.54 Å². The van der Waals surface area contributed by atoms with Crippen molar-refractivity contribution in [2.24, 2.45) is 5.73 Å². The molecule has 1 aliphatic carbocycles. The molecule has 2 heterocycles.